The van der Waals surface area contributed by atoms with Crippen LogP contribution >= 0.6 is 0 Å². The smallest absolute Gasteiger partial charge is 0.416 e. The summed E-state index contributed by atoms with van der Waals surface area (Å²) < 4.78 is 48.7. The van der Waals surface area contributed by atoms with Gasteiger partial charge in [0.25, 0.3) is 11.8 Å². The summed E-state index contributed by atoms with van der Waals surface area (Å²) in [6.07, 6.45) is -3.24. The van der Waals surface area contributed by atoms with Crippen LogP contribution in [-0.4, -0.2) is 67.1 Å². The maximum atomic E-state index is 12.7. The molecule has 9 heteroatoms. The maximum absolute atomic E-state index is 12.7. The van der Waals surface area contributed by atoms with Crippen LogP contribution in [-0.2, 0) is 20.5 Å². The number of halogens is 3. The lowest BCUT2D eigenvalue weighted by molar-refractivity contribution is -0.146. The number of piperazine rings is 1. The van der Waals surface area contributed by atoms with E-state index >= 15 is 0 Å². The number of hydrogen-bond acceptors (Lipinski definition) is 4. The van der Waals surface area contributed by atoms with Crippen molar-refractivity contribution in [2.75, 3.05) is 39.4 Å². The number of amides is 2. The van der Waals surface area contributed by atoms with Gasteiger partial charge in [0.15, 0.2) is 6.61 Å². The Kier molecular flexibility index (Phi) is 5.88. The summed E-state index contributed by atoms with van der Waals surface area (Å²) in [4.78, 5) is 27.8. The third-order valence-electron chi connectivity index (χ3n) is 4.67. The van der Waals surface area contributed by atoms with E-state index in [0.29, 0.717) is 32.8 Å². The molecule has 0 spiro atoms. The first-order valence-electron chi connectivity index (χ1n) is 8.83. The largest absolute Gasteiger partial charge is 0.484 e. The van der Waals surface area contributed by atoms with Gasteiger partial charge in [-0.1, -0.05) is 6.07 Å². The third kappa shape index (κ3) is 4.91. The van der Waals surface area contributed by atoms with E-state index in [9.17, 15) is 22.8 Å². The number of carbonyl (C=O) groups excluding carboxylic acids is 2. The van der Waals surface area contributed by atoms with Crippen LogP contribution in [0.4, 0.5) is 13.2 Å². The molecule has 0 saturated carbocycles. The maximum Gasteiger partial charge on any atom is 0.416 e. The summed E-state index contributed by atoms with van der Waals surface area (Å²) >= 11 is 0. The predicted octanol–water partition coefficient (Wildman–Crippen LogP) is 1.93. The van der Waals surface area contributed by atoms with Crippen molar-refractivity contribution >= 4 is 11.8 Å². The minimum absolute atomic E-state index is 0.00892. The van der Waals surface area contributed by atoms with E-state index in [0.717, 1.165) is 25.0 Å². The van der Waals surface area contributed by atoms with Crippen molar-refractivity contribution in [1.82, 2.24) is 9.80 Å². The summed E-state index contributed by atoms with van der Waals surface area (Å²) in [5.41, 5.74) is -0.825. The molecule has 0 aliphatic carbocycles. The molecule has 2 aliphatic rings. The zero-order chi connectivity index (χ0) is 19.4. The predicted molar refractivity (Wildman–Crippen MR) is 89.1 cm³/mol. The van der Waals surface area contributed by atoms with Crippen LogP contribution < -0.4 is 4.74 Å². The van der Waals surface area contributed by atoms with E-state index in [2.05, 4.69) is 0 Å². The first-order chi connectivity index (χ1) is 12.8. The molecule has 0 bridgehead atoms. The van der Waals surface area contributed by atoms with E-state index < -0.39 is 11.7 Å². The topological polar surface area (TPSA) is 59.1 Å². The van der Waals surface area contributed by atoms with Gasteiger partial charge in [-0.15, -0.1) is 0 Å². The van der Waals surface area contributed by atoms with Crippen LogP contribution in [0.25, 0.3) is 0 Å². The van der Waals surface area contributed by atoms with Gasteiger partial charge in [-0.2, -0.15) is 13.2 Å². The van der Waals surface area contributed by atoms with E-state index in [1.165, 1.54) is 12.1 Å². The molecule has 2 saturated heterocycles. The number of ether oxygens (including phenoxy) is 2. The molecule has 0 aromatic heterocycles. The second-order valence-corrected chi connectivity index (χ2v) is 6.52. The van der Waals surface area contributed by atoms with Gasteiger partial charge in [0.2, 0.25) is 0 Å². The van der Waals surface area contributed by atoms with Crippen molar-refractivity contribution in [2.45, 2.75) is 25.1 Å². The van der Waals surface area contributed by atoms with E-state index in [1.807, 2.05) is 0 Å². The normalized spacial score (nSPS) is 20.6. The van der Waals surface area contributed by atoms with Crippen molar-refractivity contribution in [2.24, 2.45) is 0 Å². The van der Waals surface area contributed by atoms with Crippen molar-refractivity contribution in [3.05, 3.63) is 29.8 Å². The molecule has 6 nitrogen and oxygen atoms in total. The van der Waals surface area contributed by atoms with Gasteiger partial charge in [-0.05, 0) is 31.0 Å². The van der Waals surface area contributed by atoms with Gasteiger partial charge in [-0.3, -0.25) is 9.59 Å². The fraction of sp³-hybridized carbons (Fsp3) is 0.556. The molecule has 2 heterocycles. The molecule has 2 aliphatic heterocycles. The third-order valence-corrected chi connectivity index (χ3v) is 4.67. The molecule has 1 aromatic carbocycles. The van der Waals surface area contributed by atoms with Gasteiger partial charge < -0.3 is 19.3 Å². The van der Waals surface area contributed by atoms with E-state index in [1.54, 1.807) is 9.80 Å². The molecule has 27 heavy (non-hydrogen) atoms. The Bertz CT molecular complexity index is 681. The fourth-order valence-corrected chi connectivity index (χ4v) is 3.15. The average molecular weight is 386 g/mol. The molecule has 2 fully saturated rings. The number of rotatable bonds is 4. The summed E-state index contributed by atoms with van der Waals surface area (Å²) in [5, 5.41) is 0. The quantitative estimate of drug-likeness (QED) is 0.794. The molecule has 1 atom stereocenters. The second kappa shape index (κ2) is 8.16. The number of carbonyl (C=O) groups is 2. The van der Waals surface area contributed by atoms with Crippen LogP contribution in [0, 0.1) is 0 Å². The molecule has 3 rings (SSSR count). The standard InChI is InChI=1S/C18H21F3N2O4/c19-18(20,21)13-3-1-4-14(11-13)27-12-16(24)22-6-8-23(9-7-22)17(25)15-5-2-10-26-15/h1,3-4,11,15H,2,5-10,12H2. The Hall–Kier alpha value is -2.29. The lowest BCUT2D eigenvalue weighted by Gasteiger charge is -2.35. The van der Waals surface area contributed by atoms with E-state index in [-0.39, 0.29) is 30.3 Å². The van der Waals surface area contributed by atoms with E-state index in [4.69, 9.17) is 9.47 Å². The summed E-state index contributed by atoms with van der Waals surface area (Å²) in [5.74, 6) is -0.373. The van der Waals surface area contributed by atoms with Crippen LogP contribution in [0.15, 0.2) is 24.3 Å². The molecule has 2 amide bonds. The molecule has 0 radical (unpaired) electrons. The minimum atomic E-state index is -4.46. The molecule has 1 unspecified atom stereocenters. The minimum Gasteiger partial charge on any atom is -0.484 e. The molecular formula is C18H21F3N2O4. The highest BCUT2D eigenvalue weighted by molar-refractivity contribution is 5.82. The highest BCUT2D eigenvalue weighted by atomic mass is 19.4. The SMILES string of the molecule is O=C(COc1cccc(C(F)(F)F)c1)N1CCN(C(=O)C2CCCO2)CC1. The van der Waals surface area contributed by atoms with Crippen LogP contribution in [0.2, 0.25) is 0 Å². The van der Waals surface area contributed by atoms with Gasteiger partial charge >= 0.3 is 6.18 Å². The Labute approximate surface area is 154 Å². The monoisotopic (exact) mass is 386 g/mol. The Morgan fingerprint density at radius 1 is 1.15 bits per heavy atom. The highest BCUT2D eigenvalue weighted by Gasteiger charge is 2.32. The number of alkyl halides is 3. The first kappa shape index (κ1) is 19.5. The number of hydrogen-bond donors (Lipinski definition) is 0. The highest BCUT2D eigenvalue weighted by Crippen LogP contribution is 2.31. The van der Waals surface area contributed by atoms with Crippen molar-refractivity contribution in [3.63, 3.8) is 0 Å². The Balaban J connectivity index is 1.46. The molecule has 148 valence electrons. The molecule has 1 aromatic rings. The van der Waals surface area contributed by atoms with Gasteiger partial charge in [0.1, 0.15) is 11.9 Å². The van der Waals surface area contributed by atoms with Crippen molar-refractivity contribution in [1.29, 1.82) is 0 Å². The van der Waals surface area contributed by atoms with Gasteiger partial charge in [0, 0.05) is 32.8 Å². The molecular weight excluding hydrogens is 365 g/mol. The second-order valence-electron chi connectivity index (χ2n) is 6.52. The van der Waals surface area contributed by atoms with Crippen molar-refractivity contribution in [3.8, 4) is 5.75 Å². The number of benzene rings is 1. The Morgan fingerprint density at radius 3 is 2.48 bits per heavy atom. The average Bonchev–Trinajstić information content (AvgIpc) is 3.20. The summed E-state index contributed by atoms with van der Waals surface area (Å²) in [6.45, 7) is 1.80. The zero-order valence-electron chi connectivity index (χ0n) is 14.7. The van der Waals surface area contributed by atoms with Gasteiger partial charge in [0.05, 0.1) is 5.56 Å². The lowest BCUT2D eigenvalue weighted by Crippen LogP contribution is -2.53. The first-order valence-corrected chi connectivity index (χ1v) is 8.83. The van der Waals surface area contributed by atoms with Crippen LogP contribution in [0.1, 0.15) is 18.4 Å². The molecule has 0 N–H and O–H groups in total. The van der Waals surface area contributed by atoms with Gasteiger partial charge in [-0.25, -0.2) is 0 Å². The lowest BCUT2D eigenvalue weighted by atomic mass is 10.2. The summed E-state index contributed by atoms with van der Waals surface area (Å²) in [7, 11) is 0. The Morgan fingerprint density at radius 2 is 1.85 bits per heavy atom. The van der Waals surface area contributed by atoms with Crippen molar-refractivity contribution < 1.29 is 32.2 Å². The number of nitrogens with zero attached hydrogens (tertiary/aromatic N) is 2. The van der Waals surface area contributed by atoms with Crippen LogP contribution in [0.5, 0.6) is 5.75 Å². The fourth-order valence-electron chi connectivity index (χ4n) is 3.15. The zero-order valence-corrected chi connectivity index (χ0v) is 14.7. The van der Waals surface area contributed by atoms with Crippen LogP contribution in [0.3, 0.4) is 0 Å². The summed E-state index contributed by atoms with van der Waals surface area (Å²) in [6, 6.07) is 4.42.